The normalized spacial score (nSPS) is 12.5. The molecule has 11 heteroatoms. The van der Waals surface area contributed by atoms with Gasteiger partial charge in [0.15, 0.2) is 11.5 Å². The van der Waals surface area contributed by atoms with Gasteiger partial charge in [-0.3, -0.25) is 4.79 Å². The second kappa shape index (κ2) is 11.1. The molecule has 202 valence electrons. The van der Waals surface area contributed by atoms with E-state index in [1.807, 2.05) is 6.07 Å². The summed E-state index contributed by atoms with van der Waals surface area (Å²) < 4.78 is 55.0. The van der Waals surface area contributed by atoms with E-state index >= 15 is 0 Å². The van der Waals surface area contributed by atoms with E-state index in [0.29, 0.717) is 23.0 Å². The standard InChI is InChI=1S/C27H28F3N3O5/c1-17(2)33(26(35)31-21-8-6-20(7-9-21)27(28,29)30)15-25(34)32(14-22-10-4-18(3)38-22)13-19-5-11-23-24(12-19)37-16-36-23/h4-12,17H,13-16H2,1-3H3,(H,31,35). The Kier molecular flexibility index (Phi) is 7.84. The predicted octanol–water partition coefficient (Wildman–Crippen LogP) is 5.81. The van der Waals surface area contributed by atoms with Crippen LogP contribution >= 0.6 is 0 Å². The number of rotatable bonds is 8. The molecule has 1 N–H and O–H groups in total. The number of furan rings is 1. The van der Waals surface area contributed by atoms with Gasteiger partial charge in [-0.25, -0.2) is 4.79 Å². The van der Waals surface area contributed by atoms with Gasteiger partial charge in [-0.1, -0.05) is 6.07 Å². The van der Waals surface area contributed by atoms with E-state index in [2.05, 4.69) is 5.32 Å². The Bertz CT molecular complexity index is 1290. The first-order chi connectivity index (χ1) is 18.0. The van der Waals surface area contributed by atoms with E-state index in [1.165, 1.54) is 17.0 Å². The summed E-state index contributed by atoms with van der Waals surface area (Å²) in [5, 5.41) is 2.58. The van der Waals surface area contributed by atoms with Gasteiger partial charge in [0.1, 0.15) is 18.1 Å². The van der Waals surface area contributed by atoms with E-state index in [-0.39, 0.29) is 44.1 Å². The number of hydrogen-bond acceptors (Lipinski definition) is 5. The first-order valence-electron chi connectivity index (χ1n) is 12.0. The maximum Gasteiger partial charge on any atom is 0.416 e. The van der Waals surface area contributed by atoms with Crippen LogP contribution in [-0.2, 0) is 24.1 Å². The molecule has 0 fully saturated rings. The highest BCUT2D eigenvalue weighted by molar-refractivity contribution is 5.92. The van der Waals surface area contributed by atoms with Gasteiger partial charge < -0.3 is 29.0 Å². The zero-order valence-corrected chi connectivity index (χ0v) is 21.2. The lowest BCUT2D eigenvalue weighted by Crippen LogP contribution is -2.47. The second-order valence-corrected chi connectivity index (χ2v) is 9.18. The Balaban J connectivity index is 1.49. The number of carbonyl (C=O) groups excluding carboxylic acids is 2. The van der Waals surface area contributed by atoms with Gasteiger partial charge in [0, 0.05) is 18.3 Å². The Morgan fingerprint density at radius 2 is 1.68 bits per heavy atom. The van der Waals surface area contributed by atoms with Crippen LogP contribution in [0.3, 0.4) is 0 Å². The van der Waals surface area contributed by atoms with Crippen LogP contribution in [0.2, 0.25) is 0 Å². The molecule has 0 unspecified atom stereocenters. The molecule has 4 rings (SSSR count). The van der Waals surface area contributed by atoms with E-state index in [1.54, 1.807) is 49.9 Å². The highest BCUT2D eigenvalue weighted by atomic mass is 19.4. The molecule has 0 bridgehead atoms. The van der Waals surface area contributed by atoms with Crippen molar-refractivity contribution in [3.63, 3.8) is 0 Å². The number of alkyl halides is 3. The first kappa shape index (κ1) is 26.9. The number of aryl methyl sites for hydroxylation is 1. The fourth-order valence-electron chi connectivity index (χ4n) is 3.92. The molecule has 0 saturated carbocycles. The quantitative estimate of drug-likeness (QED) is 0.397. The van der Waals surface area contributed by atoms with Gasteiger partial charge in [0.25, 0.3) is 0 Å². The van der Waals surface area contributed by atoms with E-state index in [9.17, 15) is 22.8 Å². The summed E-state index contributed by atoms with van der Waals surface area (Å²) in [6, 6.07) is 12.1. The Morgan fingerprint density at radius 1 is 0.974 bits per heavy atom. The second-order valence-electron chi connectivity index (χ2n) is 9.18. The number of benzene rings is 2. The largest absolute Gasteiger partial charge is 0.464 e. The van der Waals surface area contributed by atoms with Gasteiger partial charge in [0.2, 0.25) is 12.7 Å². The highest BCUT2D eigenvalue weighted by Crippen LogP contribution is 2.33. The van der Waals surface area contributed by atoms with Crippen molar-refractivity contribution in [2.75, 3.05) is 18.7 Å². The summed E-state index contributed by atoms with van der Waals surface area (Å²) in [5.41, 5.74) is 0.166. The lowest BCUT2D eigenvalue weighted by Gasteiger charge is -2.30. The molecule has 0 spiro atoms. The van der Waals surface area contributed by atoms with Gasteiger partial charge in [-0.05, 0) is 74.9 Å². The fraction of sp³-hybridized carbons (Fsp3) is 0.333. The molecule has 38 heavy (non-hydrogen) atoms. The lowest BCUT2D eigenvalue weighted by atomic mass is 10.1. The smallest absolute Gasteiger partial charge is 0.416 e. The van der Waals surface area contributed by atoms with Crippen molar-refractivity contribution in [2.24, 2.45) is 0 Å². The van der Waals surface area contributed by atoms with E-state index in [4.69, 9.17) is 13.9 Å². The van der Waals surface area contributed by atoms with E-state index < -0.39 is 17.8 Å². The Morgan fingerprint density at radius 3 is 2.32 bits per heavy atom. The molecular weight excluding hydrogens is 503 g/mol. The SMILES string of the molecule is Cc1ccc(CN(Cc2ccc3c(c2)OCO3)C(=O)CN(C(=O)Nc2ccc(C(F)(F)F)cc2)C(C)C)o1. The average Bonchev–Trinajstić information content (AvgIpc) is 3.49. The minimum absolute atomic E-state index is 0.129. The number of halogens is 3. The Hall–Kier alpha value is -4.15. The molecular formula is C27H28F3N3O5. The average molecular weight is 532 g/mol. The van der Waals surface area contributed by atoms with E-state index in [0.717, 1.165) is 17.7 Å². The number of urea groups is 1. The topological polar surface area (TPSA) is 84.2 Å². The number of nitrogens with zero attached hydrogens (tertiary/aromatic N) is 2. The number of ether oxygens (including phenoxy) is 2. The lowest BCUT2D eigenvalue weighted by molar-refractivity contribution is -0.137. The van der Waals surface area contributed by atoms with Crippen LogP contribution in [0.25, 0.3) is 0 Å². The summed E-state index contributed by atoms with van der Waals surface area (Å²) in [7, 11) is 0. The summed E-state index contributed by atoms with van der Waals surface area (Å²) in [6.45, 7) is 5.57. The molecule has 3 aromatic rings. The van der Waals surface area contributed by atoms with Crippen LogP contribution in [0.15, 0.2) is 59.0 Å². The number of amides is 3. The number of carbonyl (C=O) groups is 2. The maximum atomic E-state index is 13.5. The molecule has 0 saturated heterocycles. The van der Waals surface area contributed by atoms with Crippen molar-refractivity contribution in [3.05, 3.63) is 77.2 Å². The maximum absolute atomic E-state index is 13.5. The van der Waals surface area contributed by atoms with Crippen LogP contribution < -0.4 is 14.8 Å². The molecule has 2 aromatic carbocycles. The minimum Gasteiger partial charge on any atom is -0.464 e. The molecule has 1 aliphatic rings. The molecule has 8 nitrogen and oxygen atoms in total. The van der Waals surface area contributed by atoms with Crippen LogP contribution in [0, 0.1) is 6.92 Å². The van der Waals surface area contributed by atoms with Crippen molar-refractivity contribution < 1.29 is 36.7 Å². The number of hydrogen-bond donors (Lipinski definition) is 1. The molecule has 0 atom stereocenters. The van der Waals surface area contributed by atoms with Crippen LogP contribution in [-0.4, -0.2) is 41.1 Å². The molecule has 3 amide bonds. The zero-order chi connectivity index (χ0) is 27.4. The first-order valence-corrected chi connectivity index (χ1v) is 12.0. The fourth-order valence-corrected chi connectivity index (χ4v) is 3.92. The third kappa shape index (κ3) is 6.58. The summed E-state index contributed by atoms with van der Waals surface area (Å²) >= 11 is 0. The molecule has 1 aromatic heterocycles. The molecule has 0 radical (unpaired) electrons. The van der Waals surface area contributed by atoms with Gasteiger partial charge in [-0.2, -0.15) is 13.2 Å². The van der Waals surface area contributed by atoms with Crippen molar-refractivity contribution in [2.45, 2.75) is 46.1 Å². The number of nitrogens with one attached hydrogen (secondary N) is 1. The van der Waals surface area contributed by atoms with Crippen molar-refractivity contribution in [1.29, 1.82) is 0 Å². The van der Waals surface area contributed by atoms with Gasteiger partial charge in [0.05, 0.1) is 12.1 Å². The third-order valence-corrected chi connectivity index (χ3v) is 5.96. The summed E-state index contributed by atoms with van der Waals surface area (Å²) in [4.78, 5) is 29.4. The molecule has 2 heterocycles. The monoisotopic (exact) mass is 531 g/mol. The van der Waals surface area contributed by atoms with Crippen LogP contribution in [0.4, 0.5) is 23.7 Å². The minimum atomic E-state index is -4.48. The number of fused-ring (bicyclic) bond motifs is 1. The molecule has 0 aliphatic carbocycles. The van der Waals surface area contributed by atoms with Gasteiger partial charge in [-0.15, -0.1) is 0 Å². The van der Waals surface area contributed by atoms with Crippen molar-refractivity contribution in [3.8, 4) is 11.5 Å². The zero-order valence-electron chi connectivity index (χ0n) is 21.2. The van der Waals surface area contributed by atoms with Crippen LogP contribution in [0.5, 0.6) is 11.5 Å². The van der Waals surface area contributed by atoms with Crippen LogP contribution in [0.1, 0.15) is 36.5 Å². The van der Waals surface area contributed by atoms with Gasteiger partial charge >= 0.3 is 12.2 Å². The van der Waals surface area contributed by atoms with Crippen molar-refractivity contribution >= 4 is 17.6 Å². The van der Waals surface area contributed by atoms with Crippen molar-refractivity contribution in [1.82, 2.24) is 9.80 Å². The molecule has 1 aliphatic heterocycles. The predicted molar refractivity (Wildman–Crippen MR) is 133 cm³/mol. The summed E-state index contributed by atoms with van der Waals surface area (Å²) in [6.07, 6.45) is -4.48. The highest BCUT2D eigenvalue weighted by Gasteiger charge is 2.30. The third-order valence-electron chi connectivity index (χ3n) is 5.96. The summed E-state index contributed by atoms with van der Waals surface area (Å²) in [5.74, 6) is 2.16. The Labute approximate surface area is 217 Å². The number of anilines is 1.